The molecule has 0 unspecified atom stereocenters. The van der Waals surface area contributed by atoms with Crippen LogP contribution < -0.4 is 28.5 Å². The molecule has 0 bridgehead atoms. The van der Waals surface area contributed by atoms with Crippen molar-refractivity contribution in [3.8, 4) is 0 Å². The molecule has 1 rings (SSSR count). The SMILES string of the molecule is CC(=O)OCCCC[n+]1ccccc1C.[I-]. The number of pyridine rings is 1. The molecule has 90 valence electrons. The van der Waals surface area contributed by atoms with E-state index in [2.05, 4.69) is 23.8 Å². The highest BCUT2D eigenvalue weighted by molar-refractivity contribution is 5.65. The Balaban J connectivity index is 0.00000225. The summed E-state index contributed by atoms with van der Waals surface area (Å²) >= 11 is 0. The molecule has 0 aliphatic rings. The molecule has 0 radical (unpaired) electrons. The number of hydrogen-bond donors (Lipinski definition) is 0. The zero-order valence-corrected chi connectivity index (χ0v) is 11.9. The Hall–Kier alpha value is -0.650. The lowest BCUT2D eigenvalue weighted by atomic mass is 10.3. The number of hydrogen-bond acceptors (Lipinski definition) is 2. The molecule has 1 aromatic heterocycles. The van der Waals surface area contributed by atoms with Crippen molar-refractivity contribution >= 4 is 5.97 Å². The number of unbranched alkanes of at least 4 members (excludes halogenated alkanes) is 1. The second-order valence-corrected chi connectivity index (χ2v) is 3.58. The first kappa shape index (κ1) is 15.3. The van der Waals surface area contributed by atoms with E-state index in [1.165, 1.54) is 12.6 Å². The number of aromatic nitrogens is 1. The Bertz CT molecular complexity index is 329. The van der Waals surface area contributed by atoms with Gasteiger partial charge in [-0.1, -0.05) is 6.07 Å². The number of esters is 1. The largest absolute Gasteiger partial charge is 1.00 e. The van der Waals surface area contributed by atoms with Crippen LogP contribution in [0.5, 0.6) is 0 Å². The highest BCUT2D eigenvalue weighted by atomic mass is 127. The average Bonchev–Trinajstić information content (AvgIpc) is 2.20. The standard InChI is InChI=1S/C12H18NO2.HI/c1-11-7-3-4-8-13(11)9-5-6-10-15-12(2)14;/h3-4,7-8H,5-6,9-10H2,1-2H3;1H/q+1;/p-1. The molecule has 4 heteroatoms. The lowest BCUT2D eigenvalue weighted by Crippen LogP contribution is -3.00. The number of carbonyl (C=O) groups excluding carboxylic acids is 1. The molecule has 0 aliphatic heterocycles. The van der Waals surface area contributed by atoms with E-state index in [-0.39, 0.29) is 29.9 Å². The molecule has 1 heterocycles. The minimum absolute atomic E-state index is 0. The third-order valence-electron chi connectivity index (χ3n) is 2.27. The van der Waals surface area contributed by atoms with Crippen LogP contribution in [0.1, 0.15) is 25.5 Å². The molecule has 0 aromatic carbocycles. The Kier molecular flexibility index (Phi) is 8.15. The minimum Gasteiger partial charge on any atom is -1.00 e. The second kappa shape index (κ2) is 8.50. The first-order valence-electron chi connectivity index (χ1n) is 5.28. The molecular weight excluding hydrogens is 317 g/mol. The van der Waals surface area contributed by atoms with Gasteiger partial charge in [0.1, 0.15) is 6.54 Å². The zero-order valence-electron chi connectivity index (χ0n) is 9.78. The zero-order chi connectivity index (χ0) is 11.1. The van der Waals surface area contributed by atoms with Crippen LogP contribution in [0.2, 0.25) is 0 Å². The van der Waals surface area contributed by atoms with Crippen molar-refractivity contribution in [2.45, 2.75) is 33.2 Å². The van der Waals surface area contributed by atoms with Crippen molar-refractivity contribution in [2.75, 3.05) is 6.61 Å². The van der Waals surface area contributed by atoms with Gasteiger partial charge in [0, 0.05) is 32.4 Å². The van der Waals surface area contributed by atoms with E-state index in [4.69, 9.17) is 4.74 Å². The predicted molar refractivity (Wildman–Crippen MR) is 57.2 cm³/mol. The van der Waals surface area contributed by atoms with Gasteiger partial charge >= 0.3 is 5.97 Å². The van der Waals surface area contributed by atoms with Gasteiger partial charge in [0.2, 0.25) is 0 Å². The smallest absolute Gasteiger partial charge is 0.302 e. The first-order chi connectivity index (χ1) is 7.20. The molecule has 0 spiro atoms. The number of ether oxygens (including phenoxy) is 1. The molecular formula is C12H18INO2. The van der Waals surface area contributed by atoms with Crippen LogP contribution in [0.4, 0.5) is 0 Å². The van der Waals surface area contributed by atoms with Crippen molar-refractivity contribution in [3.05, 3.63) is 30.1 Å². The first-order valence-corrected chi connectivity index (χ1v) is 5.28. The lowest BCUT2D eigenvalue weighted by molar-refractivity contribution is -0.703. The van der Waals surface area contributed by atoms with Gasteiger partial charge in [0.15, 0.2) is 11.9 Å². The maximum atomic E-state index is 10.5. The van der Waals surface area contributed by atoms with E-state index < -0.39 is 0 Å². The Morgan fingerprint density at radius 3 is 2.75 bits per heavy atom. The van der Waals surface area contributed by atoms with E-state index >= 15 is 0 Å². The van der Waals surface area contributed by atoms with E-state index in [1.807, 2.05) is 12.1 Å². The summed E-state index contributed by atoms with van der Waals surface area (Å²) in [5.74, 6) is -0.196. The third-order valence-corrected chi connectivity index (χ3v) is 2.27. The van der Waals surface area contributed by atoms with E-state index in [1.54, 1.807) is 0 Å². The van der Waals surface area contributed by atoms with Crippen molar-refractivity contribution in [2.24, 2.45) is 0 Å². The van der Waals surface area contributed by atoms with Gasteiger partial charge in [-0.25, -0.2) is 4.57 Å². The number of nitrogens with zero attached hydrogens (tertiary/aromatic N) is 1. The van der Waals surface area contributed by atoms with Gasteiger partial charge in [-0.2, -0.15) is 0 Å². The highest BCUT2D eigenvalue weighted by Crippen LogP contribution is 1.93. The summed E-state index contributed by atoms with van der Waals surface area (Å²) in [5.41, 5.74) is 1.25. The highest BCUT2D eigenvalue weighted by Gasteiger charge is 2.03. The number of rotatable bonds is 5. The van der Waals surface area contributed by atoms with Crippen LogP contribution in [-0.2, 0) is 16.1 Å². The summed E-state index contributed by atoms with van der Waals surface area (Å²) in [6.45, 7) is 5.04. The summed E-state index contributed by atoms with van der Waals surface area (Å²) in [4.78, 5) is 10.5. The van der Waals surface area contributed by atoms with Gasteiger partial charge in [0.05, 0.1) is 6.61 Å². The fraction of sp³-hybridized carbons (Fsp3) is 0.500. The van der Waals surface area contributed by atoms with Gasteiger partial charge in [-0.3, -0.25) is 4.79 Å². The normalized spacial score (nSPS) is 9.38. The van der Waals surface area contributed by atoms with Crippen molar-refractivity contribution in [1.82, 2.24) is 0 Å². The molecule has 0 saturated heterocycles. The van der Waals surface area contributed by atoms with Gasteiger partial charge < -0.3 is 28.7 Å². The van der Waals surface area contributed by atoms with Crippen LogP contribution in [-0.4, -0.2) is 12.6 Å². The molecule has 0 saturated carbocycles. The van der Waals surface area contributed by atoms with E-state index in [0.29, 0.717) is 6.61 Å². The van der Waals surface area contributed by atoms with E-state index in [0.717, 1.165) is 19.4 Å². The van der Waals surface area contributed by atoms with Crippen molar-refractivity contribution in [3.63, 3.8) is 0 Å². The summed E-state index contributed by atoms with van der Waals surface area (Å²) in [5, 5.41) is 0. The maximum absolute atomic E-state index is 10.5. The van der Waals surface area contributed by atoms with Crippen molar-refractivity contribution < 1.29 is 38.1 Å². The molecule has 0 N–H and O–H groups in total. The van der Waals surface area contributed by atoms with Crippen LogP contribution in [0.25, 0.3) is 0 Å². The van der Waals surface area contributed by atoms with Gasteiger partial charge in [0.25, 0.3) is 0 Å². The molecule has 0 amide bonds. The molecule has 16 heavy (non-hydrogen) atoms. The molecule has 1 aromatic rings. The third kappa shape index (κ3) is 6.05. The maximum Gasteiger partial charge on any atom is 0.302 e. The summed E-state index contributed by atoms with van der Waals surface area (Å²) < 4.78 is 7.06. The number of aryl methyl sites for hydroxylation is 2. The van der Waals surface area contributed by atoms with Crippen LogP contribution >= 0.6 is 0 Å². The Labute approximate surface area is 114 Å². The molecule has 0 aliphatic carbocycles. The van der Waals surface area contributed by atoms with Crippen LogP contribution in [0, 0.1) is 6.92 Å². The predicted octanol–water partition coefficient (Wildman–Crippen LogP) is -1.37. The Morgan fingerprint density at radius 1 is 1.38 bits per heavy atom. The molecule has 0 fully saturated rings. The topological polar surface area (TPSA) is 30.2 Å². The van der Waals surface area contributed by atoms with E-state index in [9.17, 15) is 4.79 Å². The summed E-state index contributed by atoms with van der Waals surface area (Å²) in [7, 11) is 0. The van der Waals surface area contributed by atoms with Gasteiger partial charge in [-0.05, 0) is 6.42 Å². The second-order valence-electron chi connectivity index (χ2n) is 3.58. The minimum atomic E-state index is -0.196. The fourth-order valence-electron chi connectivity index (χ4n) is 1.41. The fourth-order valence-corrected chi connectivity index (χ4v) is 1.41. The summed E-state index contributed by atoms with van der Waals surface area (Å²) in [6.07, 6.45) is 4.02. The monoisotopic (exact) mass is 335 g/mol. The van der Waals surface area contributed by atoms with Gasteiger partial charge in [-0.15, -0.1) is 0 Å². The average molecular weight is 335 g/mol. The van der Waals surface area contributed by atoms with Crippen LogP contribution in [0.3, 0.4) is 0 Å². The van der Waals surface area contributed by atoms with Crippen LogP contribution in [0.15, 0.2) is 24.4 Å². The number of halogens is 1. The van der Waals surface area contributed by atoms with Crippen molar-refractivity contribution in [1.29, 1.82) is 0 Å². The number of carbonyl (C=O) groups is 1. The summed E-state index contributed by atoms with van der Waals surface area (Å²) in [6, 6.07) is 6.15. The lowest BCUT2D eigenvalue weighted by Gasteiger charge is -2.01. The Morgan fingerprint density at radius 2 is 2.12 bits per heavy atom. The molecule has 0 atom stereocenters. The quantitative estimate of drug-likeness (QED) is 0.288. The molecule has 3 nitrogen and oxygen atoms in total.